The third kappa shape index (κ3) is 7.85. The van der Waals surface area contributed by atoms with Crippen LogP contribution in [0.15, 0.2) is 48.7 Å². The van der Waals surface area contributed by atoms with Crippen molar-refractivity contribution in [1.82, 2.24) is 10.3 Å². The monoisotopic (exact) mass is 588 g/mol. The Balaban J connectivity index is 1.84. The summed E-state index contributed by atoms with van der Waals surface area (Å²) in [5.74, 6) is -2.46. The highest BCUT2D eigenvalue weighted by atomic mass is 35.5. The van der Waals surface area contributed by atoms with Crippen molar-refractivity contribution in [2.45, 2.75) is 45.9 Å². The van der Waals surface area contributed by atoms with Crippen molar-refractivity contribution in [2.75, 3.05) is 14.2 Å². The SMILES string of the molecule is COc1cc(F)ccc1[C@@H](Oc1ccc(C)cc1Cl)[C@H](C)OC(=O)C(C)NC(=O)c1nccc(OC)c1OC(C)=O. The summed E-state index contributed by atoms with van der Waals surface area (Å²) in [7, 11) is 2.71. The van der Waals surface area contributed by atoms with E-state index < -0.39 is 41.9 Å². The molecule has 0 aliphatic carbocycles. The van der Waals surface area contributed by atoms with Crippen LogP contribution in [0.2, 0.25) is 5.02 Å². The van der Waals surface area contributed by atoms with Crippen molar-refractivity contribution >= 4 is 29.4 Å². The fourth-order valence-corrected chi connectivity index (χ4v) is 4.12. The van der Waals surface area contributed by atoms with Gasteiger partial charge in [0.05, 0.1) is 19.2 Å². The standard InChI is InChI=1S/C29H30ClFN2O8/c1-15-7-10-22(21(30)13-15)41-26(20-9-8-19(31)14-24(20)38-6)17(3)39-29(36)16(2)33-28(35)25-27(40-18(4)34)23(37-5)11-12-32-25/h7-14,16-17,26H,1-6H3,(H,33,35)/t16?,17-,26-/m0/s1. The second-order valence-electron chi connectivity index (χ2n) is 8.98. The molecule has 0 bridgehead atoms. The first kappa shape index (κ1) is 31.2. The predicted molar refractivity (Wildman–Crippen MR) is 147 cm³/mol. The van der Waals surface area contributed by atoms with Gasteiger partial charge in [0.15, 0.2) is 17.5 Å². The number of amides is 1. The van der Waals surface area contributed by atoms with Crippen LogP contribution in [0.25, 0.3) is 0 Å². The fraction of sp³-hybridized carbons (Fsp3) is 0.310. The molecule has 1 aromatic heterocycles. The lowest BCUT2D eigenvalue weighted by molar-refractivity contribution is -0.154. The molecule has 12 heteroatoms. The molecular formula is C29H30ClFN2O8. The summed E-state index contributed by atoms with van der Waals surface area (Å²) in [4.78, 5) is 41.6. The van der Waals surface area contributed by atoms with Gasteiger partial charge in [0.25, 0.3) is 5.91 Å². The summed E-state index contributed by atoms with van der Waals surface area (Å²) in [5.41, 5.74) is 1.04. The molecule has 1 N–H and O–H groups in total. The Morgan fingerprint density at radius 3 is 2.32 bits per heavy atom. The Hall–Kier alpha value is -4.38. The molecule has 3 rings (SSSR count). The highest BCUT2D eigenvalue weighted by molar-refractivity contribution is 6.32. The molecule has 0 saturated carbocycles. The maximum atomic E-state index is 13.9. The van der Waals surface area contributed by atoms with Crippen LogP contribution in [-0.2, 0) is 14.3 Å². The predicted octanol–water partition coefficient (Wildman–Crippen LogP) is 5.00. The van der Waals surface area contributed by atoms with Crippen molar-refractivity contribution in [3.8, 4) is 23.0 Å². The van der Waals surface area contributed by atoms with Crippen LogP contribution in [0.4, 0.5) is 4.39 Å². The normalized spacial score (nSPS) is 12.9. The molecule has 0 spiro atoms. The number of methoxy groups -OCH3 is 2. The van der Waals surface area contributed by atoms with E-state index in [9.17, 15) is 18.8 Å². The van der Waals surface area contributed by atoms with Gasteiger partial charge < -0.3 is 29.0 Å². The first-order valence-corrected chi connectivity index (χ1v) is 12.8. The number of nitrogens with zero attached hydrogens (tertiary/aromatic N) is 1. The summed E-state index contributed by atoms with van der Waals surface area (Å²) in [5, 5.41) is 2.80. The van der Waals surface area contributed by atoms with Gasteiger partial charge in [0.2, 0.25) is 5.75 Å². The van der Waals surface area contributed by atoms with Crippen LogP contribution in [0.1, 0.15) is 48.5 Å². The van der Waals surface area contributed by atoms with Gasteiger partial charge in [-0.25, -0.2) is 14.2 Å². The maximum absolute atomic E-state index is 13.9. The third-order valence-electron chi connectivity index (χ3n) is 5.82. The molecule has 0 aliphatic rings. The molecule has 0 aliphatic heterocycles. The van der Waals surface area contributed by atoms with E-state index in [1.165, 1.54) is 51.6 Å². The number of rotatable bonds is 11. The highest BCUT2D eigenvalue weighted by Crippen LogP contribution is 2.36. The number of carbonyl (C=O) groups excluding carboxylic acids is 3. The van der Waals surface area contributed by atoms with E-state index in [0.717, 1.165) is 12.5 Å². The second kappa shape index (κ2) is 13.8. The number of carbonyl (C=O) groups is 3. The van der Waals surface area contributed by atoms with Crippen LogP contribution >= 0.6 is 11.6 Å². The lowest BCUT2D eigenvalue weighted by Gasteiger charge is -2.28. The zero-order valence-corrected chi connectivity index (χ0v) is 24.1. The van der Waals surface area contributed by atoms with Crippen molar-refractivity contribution in [1.29, 1.82) is 0 Å². The largest absolute Gasteiger partial charge is 0.496 e. The van der Waals surface area contributed by atoms with E-state index in [-0.39, 0.29) is 22.9 Å². The molecule has 1 unspecified atom stereocenters. The van der Waals surface area contributed by atoms with E-state index in [1.54, 1.807) is 25.1 Å². The number of aryl methyl sites for hydroxylation is 1. The van der Waals surface area contributed by atoms with Crippen molar-refractivity contribution in [3.05, 3.63) is 76.3 Å². The summed E-state index contributed by atoms with van der Waals surface area (Å²) in [6.07, 6.45) is -0.654. The van der Waals surface area contributed by atoms with Crippen molar-refractivity contribution in [2.24, 2.45) is 0 Å². The van der Waals surface area contributed by atoms with Gasteiger partial charge >= 0.3 is 11.9 Å². The number of aromatic nitrogens is 1. The number of esters is 2. The lowest BCUT2D eigenvalue weighted by Crippen LogP contribution is -2.42. The molecule has 1 amide bonds. The fourth-order valence-electron chi connectivity index (χ4n) is 3.84. The quantitative estimate of drug-likeness (QED) is 0.308. The average Bonchev–Trinajstić information content (AvgIpc) is 2.92. The molecule has 3 aromatic rings. The highest BCUT2D eigenvalue weighted by Gasteiger charge is 2.31. The van der Waals surface area contributed by atoms with Crippen LogP contribution in [-0.4, -0.2) is 49.2 Å². The minimum Gasteiger partial charge on any atom is -0.496 e. The summed E-state index contributed by atoms with van der Waals surface area (Å²) in [6.45, 7) is 6.01. The second-order valence-corrected chi connectivity index (χ2v) is 9.39. The number of benzene rings is 2. The number of pyridine rings is 1. The topological polar surface area (TPSA) is 122 Å². The number of hydrogen-bond acceptors (Lipinski definition) is 9. The smallest absolute Gasteiger partial charge is 0.328 e. The molecule has 3 atom stereocenters. The Bertz CT molecular complexity index is 1430. The minimum absolute atomic E-state index is 0.104. The van der Waals surface area contributed by atoms with E-state index >= 15 is 0 Å². The zero-order valence-electron chi connectivity index (χ0n) is 23.3. The molecule has 218 valence electrons. The van der Waals surface area contributed by atoms with Gasteiger partial charge in [-0.2, -0.15) is 0 Å². The van der Waals surface area contributed by atoms with Crippen LogP contribution in [0, 0.1) is 12.7 Å². The van der Waals surface area contributed by atoms with Gasteiger partial charge in [0, 0.05) is 30.8 Å². The van der Waals surface area contributed by atoms with Gasteiger partial charge in [-0.3, -0.25) is 9.59 Å². The molecule has 2 aromatic carbocycles. The molecule has 0 saturated heterocycles. The number of nitrogens with one attached hydrogen (secondary N) is 1. The van der Waals surface area contributed by atoms with E-state index in [4.69, 9.17) is 35.3 Å². The number of halogens is 2. The van der Waals surface area contributed by atoms with Crippen molar-refractivity contribution < 1.29 is 42.5 Å². The van der Waals surface area contributed by atoms with E-state index in [2.05, 4.69) is 10.3 Å². The first-order valence-electron chi connectivity index (χ1n) is 12.4. The van der Waals surface area contributed by atoms with Crippen LogP contribution in [0.5, 0.6) is 23.0 Å². The van der Waals surface area contributed by atoms with Crippen molar-refractivity contribution in [3.63, 3.8) is 0 Å². The summed E-state index contributed by atoms with van der Waals surface area (Å²) >= 11 is 6.38. The third-order valence-corrected chi connectivity index (χ3v) is 6.12. The first-order chi connectivity index (χ1) is 19.4. The Labute approximate surface area is 241 Å². The van der Waals surface area contributed by atoms with Gasteiger partial charge in [-0.05, 0) is 50.6 Å². The van der Waals surface area contributed by atoms with E-state index in [0.29, 0.717) is 16.3 Å². The Morgan fingerprint density at radius 2 is 1.68 bits per heavy atom. The molecule has 1 heterocycles. The van der Waals surface area contributed by atoms with Gasteiger partial charge in [0.1, 0.15) is 29.5 Å². The molecule has 41 heavy (non-hydrogen) atoms. The minimum atomic E-state index is -1.16. The van der Waals surface area contributed by atoms with E-state index in [1.807, 2.05) is 6.92 Å². The molecule has 10 nitrogen and oxygen atoms in total. The van der Waals surface area contributed by atoms with Gasteiger partial charge in [-0.15, -0.1) is 0 Å². The lowest BCUT2D eigenvalue weighted by atomic mass is 10.0. The average molecular weight is 589 g/mol. The molecule has 0 fully saturated rings. The molecular weight excluding hydrogens is 559 g/mol. The summed E-state index contributed by atoms with van der Waals surface area (Å²) < 4.78 is 41.4. The Kier molecular flexibility index (Phi) is 10.5. The van der Waals surface area contributed by atoms with Crippen LogP contribution in [0.3, 0.4) is 0 Å². The van der Waals surface area contributed by atoms with Crippen LogP contribution < -0.4 is 24.3 Å². The molecule has 0 radical (unpaired) electrons. The number of hydrogen-bond donors (Lipinski definition) is 1. The maximum Gasteiger partial charge on any atom is 0.328 e. The van der Waals surface area contributed by atoms with Gasteiger partial charge in [-0.1, -0.05) is 17.7 Å². The summed E-state index contributed by atoms with van der Waals surface area (Å²) in [6, 6.07) is 9.29. The number of ether oxygens (including phenoxy) is 5. The Morgan fingerprint density at radius 1 is 0.976 bits per heavy atom. The zero-order chi connectivity index (χ0) is 30.3.